The van der Waals surface area contributed by atoms with Gasteiger partial charge in [0.25, 0.3) is 0 Å². The number of piperidine rings is 1. The van der Waals surface area contributed by atoms with Gasteiger partial charge in [-0.3, -0.25) is 24.1 Å². The summed E-state index contributed by atoms with van der Waals surface area (Å²) in [6, 6.07) is 0. The highest BCUT2D eigenvalue weighted by molar-refractivity contribution is 6.27. The number of hydrogen-bond acceptors (Lipinski definition) is 4. The van der Waals surface area contributed by atoms with Crippen molar-refractivity contribution in [2.24, 2.45) is 5.92 Å². The van der Waals surface area contributed by atoms with E-state index in [9.17, 15) is 19.2 Å². The van der Waals surface area contributed by atoms with Crippen molar-refractivity contribution in [3.63, 3.8) is 0 Å². The van der Waals surface area contributed by atoms with Crippen LogP contribution in [0.1, 0.15) is 6.42 Å². The standard InChI is InChI=1S/C8H10N2O4/c1-9-7(13)6-4(11)3-5(12)10(2)8(6)14/h6H,3H2,1-2H3,(H,9,13). The van der Waals surface area contributed by atoms with Crippen LogP contribution >= 0.6 is 0 Å². The number of imide groups is 1. The average Bonchev–Trinajstić information content (AvgIpc) is 2.14. The summed E-state index contributed by atoms with van der Waals surface area (Å²) in [7, 11) is 2.59. The highest BCUT2D eigenvalue weighted by Crippen LogP contribution is 2.14. The molecule has 0 aromatic rings. The molecule has 6 nitrogen and oxygen atoms in total. The summed E-state index contributed by atoms with van der Waals surface area (Å²) in [4.78, 5) is 45.6. The molecule has 0 aromatic carbocycles. The fourth-order valence-corrected chi connectivity index (χ4v) is 1.23. The van der Waals surface area contributed by atoms with Gasteiger partial charge >= 0.3 is 0 Å². The summed E-state index contributed by atoms with van der Waals surface area (Å²) < 4.78 is 0. The largest absolute Gasteiger partial charge is 0.358 e. The minimum Gasteiger partial charge on any atom is -0.358 e. The van der Waals surface area contributed by atoms with Crippen LogP contribution in [-0.4, -0.2) is 42.5 Å². The number of rotatable bonds is 1. The maximum atomic E-state index is 11.4. The number of nitrogens with one attached hydrogen (secondary N) is 1. The van der Waals surface area contributed by atoms with Crippen LogP contribution in [0.2, 0.25) is 0 Å². The lowest BCUT2D eigenvalue weighted by Crippen LogP contribution is -2.52. The minimum atomic E-state index is -1.36. The molecule has 6 heteroatoms. The Kier molecular flexibility index (Phi) is 2.64. The first-order valence-electron chi connectivity index (χ1n) is 4.03. The average molecular weight is 198 g/mol. The van der Waals surface area contributed by atoms with Gasteiger partial charge in [0.1, 0.15) is 0 Å². The second-order valence-electron chi connectivity index (χ2n) is 2.98. The van der Waals surface area contributed by atoms with E-state index in [-0.39, 0.29) is 6.42 Å². The van der Waals surface area contributed by atoms with Gasteiger partial charge in [0.2, 0.25) is 17.7 Å². The molecule has 0 aromatic heterocycles. The molecule has 3 amide bonds. The molecule has 0 saturated carbocycles. The van der Waals surface area contributed by atoms with E-state index in [4.69, 9.17) is 0 Å². The van der Waals surface area contributed by atoms with E-state index in [1.165, 1.54) is 14.1 Å². The van der Waals surface area contributed by atoms with Crippen LogP contribution in [0, 0.1) is 5.92 Å². The maximum Gasteiger partial charge on any atom is 0.249 e. The first kappa shape index (κ1) is 10.4. The van der Waals surface area contributed by atoms with Gasteiger partial charge < -0.3 is 5.32 Å². The Balaban J connectivity index is 2.96. The molecule has 0 bridgehead atoms. The zero-order chi connectivity index (χ0) is 10.9. The van der Waals surface area contributed by atoms with E-state index >= 15 is 0 Å². The molecule has 1 unspecified atom stereocenters. The highest BCUT2D eigenvalue weighted by Gasteiger charge is 2.42. The second-order valence-corrected chi connectivity index (χ2v) is 2.98. The van der Waals surface area contributed by atoms with Crippen molar-refractivity contribution in [1.29, 1.82) is 0 Å². The van der Waals surface area contributed by atoms with Crippen LogP contribution in [0.4, 0.5) is 0 Å². The molecule has 1 saturated heterocycles. The lowest BCUT2D eigenvalue weighted by atomic mass is 9.94. The zero-order valence-corrected chi connectivity index (χ0v) is 7.86. The number of amides is 3. The summed E-state index contributed by atoms with van der Waals surface area (Å²) >= 11 is 0. The van der Waals surface area contributed by atoms with E-state index in [1.807, 2.05) is 0 Å². The zero-order valence-electron chi connectivity index (χ0n) is 7.86. The Morgan fingerprint density at radius 1 is 1.43 bits per heavy atom. The third-order valence-corrected chi connectivity index (χ3v) is 2.11. The normalized spacial score (nSPS) is 22.6. The molecule has 1 fully saturated rings. The van der Waals surface area contributed by atoms with Crippen molar-refractivity contribution in [1.82, 2.24) is 10.2 Å². The topological polar surface area (TPSA) is 83.6 Å². The van der Waals surface area contributed by atoms with Gasteiger partial charge in [-0.05, 0) is 0 Å². The Bertz CT molecular complexity index is 323. The van der Waals surface area contributed by atoms with Crippen molar-refractivity contribution in [3.8, 4) is 0 Å². The summed E-state index contributed by atoms with van der Waals surface area (Å²) in [5, 5.41) is 2.21. The number of likely N-dealkylation sites (tertiary alicyclic amines) is 1. The lowest BCUT2D eigenvalue weighted by Gasteiger charge is -2.25. The maximum absolute atomic E-state index is 11.4. The van der Waals surface area contributed by atoms with Crippen molar-refractivity contribution in [2.45, 2.75) is 6.42 Å². The van der Waals surface area contributed by atoms with Crippen molar-refractivity contribution in [2.75, 3.05) is 14.1 Å². The van der Waals surface area contributed by atoms with Crippen LogP contribution in [0.25, 0.3) is 0 Å². The second kappa shape index (κ2) is 3.57. The quantitative estimate of drug-likeness (QED) is 0.402. The fourth-order valence-electron chi connectivity index (χ4n) is 1.23. The van der Waals surface area contributed by atoms with Gasteiger partial charge in [-0.1, -0.05) is 0 Å². The van der Waals surface area contributed by atoms with Gasteiger partial charge in [-0.25, -0.2) is 0 Å². The van der Waals surface area contributed by atoms with E-state index in [1.54, 1.807) is 0 Å². The molecule has 0 aliphatic carbocycles. The summed E-state index contributed by atoms with van der Waals surface area (Å²) in [6.45, 7) is 0. The first-order chi connectivity index (χ1) is 6.49. The van der Waals surface area contributed by atoms with E-state index in [2.05, 4.69) is 5.32 Å². The van der Waals surface area contributed by atoms with Gasteiger partial charge in [0.15, 0.2) is 11.7 Å². The van der Waals surface area contributed by atoms with E-state index in [0.29, 0.717) is 0 Å². The van der Waals surface area contributed by atoms with Crippen molar-refractivity contribution >= 4 is 23.5 Å². The molecule has 0 spiro atoms. The molecule has 1 aliphatic heterocycles. The van der Waals surface area contributed by atoms with E-state index in [0.717, 1.165) is 4.90 Å². The third-order valence-electron chi connectivity index (χ3n) is 2.11. The summed E-state index contributed by atoms with van der Waals surface area (Å²) in [6.07, 6.45) is -0.389. The molecular formula is C8H10N2O4. The predicted molar refractivity (Wildman–Crippen MR) is 45.0 cm³/mol. The number of ketones is 1. The Morgan fingerprint density at radius 3 is 2.50 bits per heavy atom. The molecule has 76 valence electrons. The Hall–Kier alpha value is -1.72. The number of carbonyl (C=O) groups excluding carboxylic acids is 4. The molecule has 1 aliphatic rings. The summed E-state index contributed by atoms with van der Waals surface area (Å²) in [5.41, 5.74) is 0. The smallest absolute Gasteiger partial charge is 0.249 e. The molecule has 14 heavy (non-hydrogen) atoms. The molecule has 1 atom stereocenters. The minimum absolute atomic E-state index is 0.389. The van der Waals surface area contributed by atoms with Gasteiger partial charge in [-0.15, -0.1) is 0 Å². The third kappa shape index (κ3) is 1.50. The number of hydrogen-bond donors (Lipinski definition) is 1. The van der Waals surface area contributed by atoms with Crippen LogP contribution in [0.3, 0.4) is 0 Å². The highest BCUT2D eigenvalue weighted by atomic mass is 16.2. The number of Topliss-reactive ketones (excluding diaryl/α,β-unsaturated/α-hetero) is 1. The van der Waals surface area contributed by atoms with Crippen LogP contribution in [-0.2, 0) is 19.2 Å². The Labute approximate surface area is 80.2 Å². The number of nitrogens with zero attached hydrogens (tertiary/aromatic N) is 1. The van der Waals surface area contributed by atoms with Crippen molar-refractivity contribution < 1.29 is 19.2 Å². The first-order valence-corrected chi connectivity index (χ1v) is 4.03. The molecule has 1 rings (SSSR count). The predicted octanol–water partition coefficient (Wildman–Crippen LogP) is -1.69. The van der Waals surface area contributed by atoms with Gasteiger partial charge in [0, 0.05) is 14.1 Å². The SMILES string of the molecule is CNC(=O)C1C(=O)CC(=O)N(C)C1=O. The molecule has 0 radical (unpaired) electrons. The Morgan fingerprint density at radius 2 is 2.00 bits per heavy atom. The van der Waals surface area contributed by atoms with Crippen LogP contribution < -0.4 is 5.32 Å². The molecule has 1 heterocycles. The van der Waals surface area contributed by atoms with E-state index < -0.39 is 29.4 Å². The van der Waals surface area contributed by atoms with Gasteiger partial charge in [0.05, 0.1) is 6.42 Å². The van der Waals surface area contributed by atoms with Crippen LogP contribution in [0.15, 0.2) is 0 Å². The molecule has 1 N–H and O–H groups in total. The monoisotopic (exact) mass is 198 g/mol. The van der Waals surface area contributed by atoms with Gasteiger partial charge in [-0.2, -0.15) is 0 Å². The summed E-state index contributed by atoms with van der Waals surface area (Å²) in [5.74, 6) is -4.00. The number of carbonyl (C=O) groups is 4. The molecular weight excluding hydrogens is 188 g/mol. The fraction of sp³-hybridized carbons (Fsp3) is 0.500. The van der Waals surface area contributed by atoms with Crippen molar-refractivity contribution in [3.05, 3.63) is 0 Å². The van der Waals surface area contributed by atoms with Crippen LogP contribution in [0.5, 0.6) is 0 Å². The lowest BCUT2D eigenvalue weighted by molar-refractivity contribution is -0.156.